The molecule has 0 aromatic heterocycles. The minimum absolute atomic E-state index is 0. The zero-order chi connectivity index (χ0) is 0. The van der Waals surface area contributed by atoms with E-state index in [0.717, 1.165) is 0 Å². The van der Waals surface area contributed by atoms with Crippen molar-refractivity contribution in [3.63, 3.8) is 0 Å². The maximum atomic E-state index is 0. The molecule has 0 saturated carbocycles. The number of hydrogen-bond donors (Lipinski definition) is 0. The Morgan fingerprint density at radius 2 is 0.250 bits per heavy atom. The van der Waals surface area contributed by atoms with Gasteiger partial charge < -0.3 is 32.9 Å². The summed E-state index contributed by atoms with van der Waals surface area (Å²) >= 11 is 0. The summed E-state index contributed by atoms with van der Waals surface area (Å²) in [5.74, 6) is 0. The third-order valence-corrected chi connectivity index (χ3v) is 0. The van der Waals surface area contributed by atoms with E-state index < -0.39 is 0 Å². The van der Waals surface area contributed by atoms with Crippen LogP contribution in [0.4, 0.5) is 0 Å². The first-order valence-electron chi connectivity index (χ1n) is 0. The van der Waals surface area contributed by atoms with Crippen molar-refractivity contribution < 1.29 is 67.0 Å². The van der Waals surface area contributed by atoms with Gasteiger partial charge in [0.15, 0.2) is 0 Å². The van der Waals surface area contributed by atoms with Crippen LogP contribution in [0.5, 0.6) is 0 Å². The van der Waals surface area contributed by atoms with Gasteiger partial charge in [-0.1, -0.05) is 0 Å². The summed E-state index contributed by atoms with van der Waals surface area (Å²) in [5, 5.41) is 0. The average molecular weight is 214 g/mol. The normalized spacial score (nSPS) is 0. The van der Waals surface area contributed by atoms with E-state index in [-0.39, 0.29) is 67.0 Å². The van der Waals surface area contributed by atoms with Gasteiger partial charge in [0.2, 0.25) is 0 Å². The summed E-state index contributed by atoms with van der Waals surface area (Å²) in [6, 6.07) is 0. The van der Waals surface area contributed by atoms with Crippen molar-refractivity contribution >= 4 is 0 Å². The van der Waals surface area contributed by atoms with Crippen LogP contribution in [-0.4, -0.2) is 32.9 Å². The summed E-state index contributed by atoms with van der Waals surface area (Å²) in [4.78, 5) is 0. The van der Waals surface area contributed by atoms with Crippen LogP contribution in [0.1, 0.15) is 0 Å². The molecule has 0 aliphatic rings. The van der Waals surface area contributed by atoms with Crippen LogP contribution in [0, 0.1) is 0 Å². The molecule has 0 atom stereocenters. The largest absolute Gasteiger partial charge is 3.00 e. The van der Waals surface area contributed by atoms with Gasteiger partial charge in [0.1, 0.15) is 0 Å². The molecule has 0 amide bonds. The first kappa shape index (κ1) is 838. The Hall–Kier alpha value is 0.799. The average Bonchev–Trinajstić information content (AvgIpc) is 0. The zero-order valence-corrected chi connectivity index (χ0v) is 5.60. The predicted molar refractivity (Wildman–Crippen MR) is 11.6 cm³/mol. The monoisotopic (exact) mass is 214 g/mol. The van der Waals surface area contributed by atoms with Gasteiger partial charge in [0, 0.05) is 0 Å². The van der Waals surface area contributed by atoms with Gasteiger partial charge in [-0.05, 0) is 0 Å². The van der Waals surface area contributed by atoms with Crippen molar-refractivity contribution in [1.82, 2.24) is 0 Å². The quantitative estimate of drug-likeness (QED) is 0.462. The zero-order valence-electron chi connectivity index (χ0n) is 3.39. The molecule has 0 unspecified atom stereocenters. The minimum Gasteiger partial charge on any atom is -0.870 e. The van der Waals surface area contributed by atoms with Crippen LogP contribution >= 0.6 is 0 Å². The predicted octanol–water partition coefficient (Wildman–Crippen LogP) is -1.07. The fourth-order valence-corrected chi connectivity index (χ4v) is 0. The standard InChI is InChI=1S/2Fe.6H2O/h;;6*1H2/q2*+3;;;;;;/p-6. The van der Waals surface area contributed by atoms with Crippen molar-refractivity contribution in [2.45, 2.75) is 0 Å². The van der Waals surface area contributed by atoms with E-state index in [9.17, 15) is 0 Å². The van der Waals surface area contributed by atoms with Gasteiger partial charge in [-0.15, -0.1) is 0 Å². The molecule has 0 aliphatic heterocycles. The molecule has 0 saturated heterocycles. The van der Waals surface area contributed by atoms with Gasteiger partial charge in [-0.3, -0.25) is 0 Å². The van der Waals surface area contributed by atoms with Crippen LogP contribution in [-0.2, 0) is 34.1 Å². The Balaban J connectivity index is 0. The molecule has 8 heteroatoms. The molecule has 2 radical (unpaired) electrons. The van der Waals surface area contributed by atoms with Crippen LogP contribution in [0.25, 0.3) is 0 Å². The summed E-state index contributed by atoms with van der Waals surface area (Å²) < 4.78 is 0. The van der Waals surface area contributed by atoms with Crippen molar-refractivity contribution in [1.29, 1.82) is 0 Å². The summed E-state index contributed by atoms with van der Waals surface area (Å²) in [6.07, 6.45) is 0. The minimum atomic E-state index is 0. The maximum absolute atomic E-state index is 0. The smallest absolute Gasteiger partial charge is 0.870 e. The Bertz CT molecular complexity index is 6.49. The Morgan fingerprint density at radius 3 is 0.250 bits per heavy atom. The van der Waals surface area contributed by atoms with Crippen molar-refractivity contribution in [2.24, 2.45) is 0 Å². The molecule has 6 N–H and O–H groups in total. The van der Waals surface area contributed by atoms with Gasteiger partial charge in [0.05, 0.1) is 0 Å². The number of rotatable bonds is 0. The van der Waals surface area contributed by atoms with Crippen molar-refractivity contribution in [3.05, 3.63) is 0 Å². The third kappa shape index (κ3) is 358. The Morgan fingerprint density at radius 1 is 0.250 bits per heavy atom. The van der Waals surface area contributed by atoms with E-state index in [1.54, 1.807) is 0 Å². The van der Waals surface area contributed by atoms with E-state index in [0.29, 0.717) is 0 Å². The molecule has 0 bridgehead atoms. The first-order chi connectivity index (χ1) is 0. The maximum Gasteiger partial charge on any atom is 3.00 e. The van der Waals surface area contributed by atoms with Gasteiger partial charge in [-0.25, -0.2) is 0 Å². The number of hydrogen-bond acceptors (Lipinski definition) is 6. The summed E-state index contributed by atoms with van der Waals surface area (Å²) in [6.45, 7) is 0. The molecular weight excluding hydrogens is 208 g/mol. The second-order valence-corrected chi connectivity index (χ2v) is 0. The Kier molecular flexibility index (Phi) is 59200. The van der Waals surface area contributed by atoms with Crippen LogP contribution in [0.15, 0.2) is 0 Å². The van der Waals surface area contributed by atoms with E-state index in [1.807, 2.05) is 0 Å². The fourth-order valence-electron chi connectivity index (χ4n) is 0. The molecule has 0 aromatic carbocycles. The van der Waals surface area contributed by atoms with E-state index in [4.69, 9.17) is 0 Å². The second-order valence-electron chi connectivity index (χ2n) is 0. The van der Waals surface area contributed by atoms with Crippen LogP contribution in [0.3, 0.4) is 0 Å². The molecule has 0 rings (SSSR count). The fraction of sp³-hybridized carbons (Fsp3) is 0. The first-order valence-corrected chi connectivity index (χ1v) is 0. The second kappa shape index (κ2) is 565. The molecule has 6 nitrogen and oxygen atoms in total. The van der Waals surface area contributed by atoms with Gasteiger partial charge in [-0.2, -0.15) is 0 Å². The van der Waals surface area contributed by atoms with E-state index in [1.165, 1.54) is 0 Å². The molecule has 0 aliphatic carbocycles. The summed E-state index contributed by atoms with van der Waals surface area (Å²) in [7, 11) is 0. The molecule has 0 aromatic rings. The van der Waals surface area contributed by atoms with Crippen molar-refractivity contribution in [3.8, 4) is 0 Å². The van der Waals surface area contributed by atoms with Crippen LogP contribution in [0.2, 0.25) is 0 Å². The molecule has 0 fully saturated rings. The molecule has 0 heterocycles. The molecular formula is H6Fe2O6. The van der Waals surface area contributed by atoms with Gasteiger partial charge in [0.25, 0.3) is 0 Å². The topological polar surface area (TPSA) is 180 Å². The molecule has 0 spiro atoms. The van der Waals surface area contributed by atoms with Gasteiger partial charge >= 0.3 is 34.1 Å². The van der Waals surface area contributed by atoms with Crippen molar-refractivity contribution in [2.75, 3.05) is 0 Å². The SMILES string of the molecule is [Fe+3].[Fe+3].[OH-].[OH-].[OH-].[OH-].[OH-].[OH-]. The summed E-state index contributed by atoms with van der Waals surface area (Å²) in [5.41, 5.74) is 0. The Labute approximate surface area is 67.4 Å². The van der Waals surface area contributed by atoms with Crippen LogP contribution < -0.4 is 0 Å². The molecule has 58 valence electrons. The molecule has 8 heavy (non-hydrogen) atoms. The third-order valence-electron chi connectivity index (χ3n) is 0. The van der Waals surface area contributed by atoms with E-state index in [2.05, 4.69) is 0 Å². The van der Waals surface area contributed by atoms with E-state index >= 15 is 0 Å².